The minimum atomic E-state index is 0.520. The fraction of sp³-hybridized carbons (Fsp3) is 0.471. The predicted octanol–water partition coefficient (Wildman–Crippen LogP) is 3.41. The Hall–Kier alpha value is -1.36. The number of fused-ring (bicyclic) bond motifs is 1. The number of aromatic nitrogens is 1. The van der Waals surface area contributed by atoms with Crippen molar-refractivity contribution >= 4 is 28.3 Å². The third-order valence-electron chi connectivity index (χ3n) is 4.20. The van der Waals surface area contributed by atoms with E-state index in [-0.39, 0.29) is 0 Å². The standard InChI is InChI=1S/C17H22ClN3O/c1-2-15(21-7-9-22-10-8-21)12-19-17-6-3-13-11-14(18)4-5-16(13)20-17/h3-6,11,15H,2,7-10,12H2,1H3,(H,19,20)/t15-/m0/s1. The number of anilines is 1. The predicted molar refractivity (Wildman–Crippen MR) is 91.7 cm³/mol. The van der Waals surface area contributed by atoms with E-state index in [0.717, 1.165) is 61.0 Å². The van der Waals surface area contributed by atoms with Crippen molar-refractivity contribution in [2.75, 3.05) is 38.2 Å². The topological polar surface area (TPSA) is 37.4 Å². The van der Waals surface area contributed by atoms with Gasteiger partial charge in [-0.1, -0.05) is 18.5 Å². The fourth-order valence-corrected chi connectivity index (χ4v) is 3.07. The molecule has 2 aromatic rings. The zero-order chi connectivity index (χ0) is 15.4. The molecule has 1 aromatic heterocycles. The number of nitrogens with zero attached hydrogens (tertiary/aromatic N) is 2. The van der Waals surface area contributed by atoms with Crippen LogP contribution in [0.3, 0.4) is 0 Å². The summed E-state index contributed by atoms with van der Waals surface area (Å²) in [6, 6.07) is 10.4. The number of benzene rings is 1. The Balaban J connectivity index is 1.65. The summed E-state index contributed by atoms with van der Waals surface area (Å²) in [5, 5.41) is 5.28. The van der Waals surface area contributed by atoms with Crippen molar-refractivity contribution in [2.24, 2.45) is 0 Å². The molecule has 1 N–H and O–H groups in total. The van der Waals surface area contributed by atoms with E-state index in [1.807, 2.05) is 24.3 Å². The molecule has 1 aliphatic heterocycles. The Labute approximate surface area is 136 Å². The van der Waals surface area contributed by atoms with Gasteiger partial charge in [0.05, 0.1) is 18.7 Å². The summed E-state index contributed by atoms with van der Waals surface area (Å²) in [5.41, 5.74) is 0.967. The summed E-state index contributed by atoms with van der Waals surface area (Å²) >= 11 is 6.01. The average Bonchev–Trinajstić information content (AvgIpc) is 2.56. The third-order valence-corrected chi connectivity index (χ3v) is 4.44. The molecule has 0 amide bonds. The summed E-state index contributed by atoms with van der Waals surface area (Å²) in [5.74, 6) is 0.918. The molecule has 1 saturated heterocycles. The van der Waals surface area contributed by atoms with Crippen molar-refractivity contribution in [1.29, 1.82) is 0 Å². The van der Waals surface area contributed by atoms with Crippen LogP contribution in [0.15, 0.2) is 30.3 Å². The molecule has 0 unspecified atom stereocenters. The second kappa shape index (κ2) is 7.27. The molecule has 0 bridgehead atoms. The summed E-state index contributed by atoms with van der Waals surface area (Å²) in [4.78, 5) is 7.15. The Kier molecular flexibility index (Phi) is 5.13. The van der Waals surface area contributed by atoms with E-state index in [2.05, 4.69) is 28.2 Å². The van der Waals surface area contributed by atoms with Crippen LogP contribution in [0.5, 0.6) is 0 Å². The lowest BCUT2D eigenvalue weighted by atomic mass is 10.1. The summed E-state index contributed by atoms with van der Waals surface area (Å²) in [6.07, 6.45) is 1.12. The van der Waals surface area contributed by atoms with E-state index in [4.69, 9.17) is 16.3 Å². The molecule has 1 fully saturated rings. The van der Waals surface area contributed by atoms with Gasteiger partial charge in [0, 0.05) is 36.1 Å². The molecule has 0 saturated carbocycles. The number of hydrogen-bond donors (Lipinski definition) is 1. The lowest BCUT2D eigenvalue weighted by Crippen LogP contribution is -2.46. The first-order valence-electron chi connectivity index (χ1n) is 7.88. The molecule has 0 aliphatic carbocycles. The van der Waals surface area contributed by atoms with Crippen LogP contribution in [0.1, 0.15) is 13.3 Å². The van der Waals surface area contributed by atoms with Gasteiger partial charge < -0.3 is 10.1 Å². The maximum Gasteiger partial charge on any atom is 0.126 e. The molecule has 5 heteroatoms. The monoisotopic (exact) mass is 319 g/mol. The Morgan fingerprint density at radius 3 is 2.86 bits per heavy atom. The Bertz CT molecular complexity index is 628. The van der Waals surface area contributed by atoms with Crippen LogP contribution in [0.25, 0.3) is 10.9 Å². The van der Waals surface area contributed by atoms with E-state index >= 15 is 0 Å². The Morgan fingerprint density at radius 2 is 2.09 bits per heavy atom. The van der Waals surface area contributed by atoms with Gasteiger partial charge in [-0.2, -0.15) is 0 Å². The molecule has 1 atom stereocenters. The van der Waals surface area contributed by atoms with Gasteiger partial charge in [-0.25, -0.2) is 4.98 Å². The highest BCUT2D eigenvalue weighted by Gasteiger charge is 2.19. The number of hydrogen-bond acceptors (Lipinski definition) is 4. The number of pyridine rings is 1. The molecule has 4 nitrogen and oxygen atoms in total. The van der Waals surface area contributed by atoms with Gasteiger partial charge in [-0.3, -0.25) is 4.90 Å². The molecule has 0 radical (unpaired) electrons. The van der Waals surface area contributed by atoms with Crippen LogP contribution in [0.4, 0.5) is 5.82 Å². The lowest BCUT2D eigenvalue weighted by molar-refractivity contribution is 0.0184. The number of morpholine rings is 1. The summed E-state index contributed by atoms with van der Waals surface area (Å²) in [7, 11) is 0. The van der Waals surface area contributed by atoms with Crippen LogP contribution in [-0.2, 0) is 4.74 Å². The maximum absolute atomic E-state index is 6.01. The van der Waals surface area contributed by atoms with Crippen LogP contribution >= 0.6 is 11.6 Å². The van der Waals surface area contributed by atoms with Gasteiger partial charge in [0.25, 0.3) is 0 Å². The van der Waals surface area contributed by atoms with Gasteiger partial charge in [-0.15, -0.1) is 0 Å². The molecule has 2 heterocycles. The fourth-order valence-electron chi connectivity index (χ4n) is 2.89. The van der Waals surface area contributed by atoms with Crippen LogP contribution in [0, 0.1) is 0 Å². The molecule has 3 rings (SSSR count). The first-order chi connectivity index (χ1) is 10.8. The largest absolute Gasteiger partial charge is 0.379 e. The molecule has 22 heavy (non-hydrogen) atoms. The normalized spacial score (nSPS) is 17.5. The number of halogens is 1. The molecule has 1 aromatic carbocycles. The summed E-state index contributed by atoms with van der Waals surface area (Å²) in [6.45, 7) is 6.85. The highest BCUT2D eigenvalue weighted by molar-refractivity contribution is 6.31. The highest BCUT2D eigenvalue weighted by Crippen LogP contribution is 2.20. The van der Waals surface area contributed by atoms with Gasteiger partial charge in [-0.05, 0) is 36.8 Å². The van der Waals surface area contributed by atoms with E-state index in [0.29, 0.717) is 6.04 Å². The summed E-state index contributed by atoms with van der Waals surface area (Å²) < 4.78 is 5.43. The molecule has 0 spiro atoms. The second-order valence-electron chi connectivity index (χ2n) is 5.62. The molecular formula is C17H22ClN3O. The molecular weight excluding hydrogens is 298 g/mol. The van der Waals surface area contributed by atoms with E-state index < -0.39 is 0 Å². The van der Waals surface area contributed by atoms with Crippen molar-refractivity contribution in [2.45, 2.75) is 19.4 Å². The van der Waals surface area contributed by atoms with E-state index in [1.165, 1.54) is 0 Å². The third kappa shape index (κ3) is 3.69. The highest BCUT2D eigenvalue weighted by atomic mass is 35.5. The minimum absolute atomic E-state index is 0.520. The van der Waals surface area contributed by atoms with E-state index in [9.17, 15) is 0 Å². The maximum atomic E-state index is 6.01. The number of nitrogens with one attached hydrogen (secondary N) is 1. The average molecular weight is 320 g/mol. The SMILES string of the molecule is CC[C@@H](CNc1ccc2cc(Cl)ccc2n1)N1CCOCC1. The molecule has 118 valence electrons. The van der Waals surface area contributed by atoms with Crippen molar-refractivity contribution in [1.82, 2.24) is 9.88 Å². The van der Waals surface area contributed by atoms with Crippen molar-refractivity contribution in [3.8, 4) is 0 Å². The van der Waals surface area contributed by atoms with Crippen LogP contribution < -0.4 is 5.32 Å². The van der Waals surface area contributed by atoms with Crippen LogP contribution in [0.2, 0.25) is 5.02 Å². The quantitative estimate of drug-likeness (QED) is 0.916. The first kappa shape index (κ1) is 15.5. The van der Waals surface area contributed by atoms with Crippen LogP contribution in [-0.4, -0.2) is 48.8 Å². The van der Waals surface area contributed by atoms with E-state index in [1.54, 1.807) is 0 Å². The zero-order valence-corrected chi connectivity index (χ0v) is 13.6. The second-order valence-corrected chi connectivity index (χ2v) is 6.06. The van der Waals surface area contributed by atoms with Crippen molar-refractivity contribution in [3.63, 3.8) is 0 Å². The van der Waals surface area contributed by atoms with Gasteiger partial charge in [0.2, 0.25) is 0 Å². The number of ether oxygens (including phenoxy) is 1. The lowest BCUT2D eigenvalue weighted by Gasteiger charge is -2.34. The molecule has 1 aliphatic rings. The first-order valence-corrected chi connectivity index (χ1v) is 8.26. The zero-order valence-electron chi connectivity index (χ0n) is 12.9. The number of rotatable bonds is 5. The van der Waals surface area contributed by atoms with Gasteiger partial charge in [0.1, 0.15) is 5.82 Å². The van der Waals surface area contributed by atoms with Crippen molar-refractivity contribution < 1.29 is 4.74 Å². The van der Waals surface area contributed by atoms with Gasteiger partial charge >= 0.3 is 0 Å². The van der Waals surface area contributed by atoms with Crippen molar-refractivity contribution in [3.05, 3.63) is 35.4 Å². The Morgan fingerprint density at radius 1 is 1.27 bits per heavy atom. The minimum Gasteiger partial charge on any atom is -0.379 e. The smallest absolute Gasteiger partial charge is 0.126 e. The van der Waals surface area contributed by atoms with Gasteiger partial charge in [0.15, 0.2) is 0 Å².